The fraction of sp³-hybridized carbons (Fsp3) is 0.308. The fourth-order valence-electron chi connectivity index (χ4n) is 1.63. The van der Waals surface area contributed by atoms with E-state index in [4.69, 9.17) is 15.6 Å². The Morgan fingerprint density at radius 3 is 2.33 bits per heavy atom. The van der Waals surface area contributed by atoms with Crippen molar-refractivity contribution in [1.29, 1.82) is 10.5 Å². The van der Waals surface area contributed by atoms with Gasteiger partial charge in [0, 0.05) is 12.2 Å². The molecule has 92 valence electrons. The summed E-state index contributed by atoms with van der Waals surface area (Å²) in [6.07, 6.45) is 0. The van der Waals surface area contributed by atoms with Crippen LogP contribution >= 0.6 is 0 Å². The van der Waals surface area contributed by atoms with Crippen LogP contribution in [0.1, 0.15) is 18.4 Å². The van der Waals surface area contributed by atoms with Crippen LogP contribution in [0.15, 0.2) is 24.3 Å². The maximum atomic E-state index is 10.9. The maximum Gasteiger partial charge on any atom is 0.322 e. The third-order valence-corrected chi connectivity index (χ3v) is 2.53. The number of carboxylic acids is 1. The molecule has 0 aliphatic rings. The van der Waals surface area contributed by atoms with Gasteiger partial charge in [-0.15, -0.1) is 0 Å². The lowest BCUT2D eigenvalue weighted by molar-refractivity contribution is -0.140. The summed E-state index contributed by atoms with van der Waals surface area (Å²) in [5.41, 5.74) is 1.43. The van der Waals surface area contributed by atoms with E-state index < -0.39 is 17.8 Å². The second kappa shape index (κ2) is 6.27. The van der Waals surface area contributed by atoms with Crippen molar-refractivity contribution in [3.63, 3.8) is 0 Å². The van der Waals surface area contributed by atoms with E-state index in [0.29, 0.717) is 5.56 Å². The molecule has 2 N–H and O–H groups in total. The van der Waals surface area contributed by atoms with E-state index in [1.165, 1.54) is 0 Å². The lowest BCUT2D eigenvalue weighted by Gasteiger charge is -2.12. The van der Waals surface area contributed by atoms with Crippen LogP contribution in [0.25, 0.3) is 0 Å². The number of nitrogens with one attached hydrogen (secondary N) is 1. The first-order valence-electron chi connectivity index (χ1n) is 5.50. The molecule has 0 radical (unpaired) electrons. The summed E-state index contributed by atoms with van der Waals surface area (Å²) in [5, 5.41) is 29.8. The van der Waals surface area contributed by atoms with Crippen molar-refractivity contribution in [3.05, 3.63) is 29.8 Å². The van der Waals surface area contributed by atoms with Gasteiger partial charge in [0.15, 0.2) is 5.92 Å². The Hall–Kier alpha value is -2.53. The van der Waals surface area contributed by atoms with E-state index in [1.54, 1.807) is 30.3 Å². The van der Waals surface area contributed by atoms with Gasteiger partial charge in [-0.1, -0.05) is 12.1 Å². The molecule has 0 aliphatic heterocycles. The average molecular weight is 243 g/mol. The quantitative estimate of drug-likeness (QED) is 0.823. The number of carbonyl (C=O) groups is 1. The van der Waals surface area contributed by atoms with Crippen molar-refractivity contribution in [2.24, 2.45) is 5.92 Å². The number of nitrogens with zero attached hydrogens (tertiary/aromatic N) is 2. The van der Waals surface area contributed by atoms with E-state index in [9.17, 15) is 4.79 Å². The van der Waals surface area contributed by atoms with Crippen LogP contribution in [0.3, 0.4) is 0 Å². The summed E-state index contributed by atoms with van der Waals surface area (Å²) >= 11 is 0. The van der Waals surface area contributed by atoms with Crippen LogP contribution in [0.2, 0.25) is 0 Å². The van der Waals surface area contributed by atoms with Crippen molar-refractivity contribution in [1.82, 2.24) is 0 Å². The molecule has 0 bridgehead atoms. The highest BCUT2D eigenvalue weighted by molar-refractivity contribution is 5.75. The fourth-order valence-corrected chi connectivity index (χ4v) is 1.63. The Kier molecular flexibility index (Phi) is 4.71. The smallest absolute Gasteiger partial charge is 0.322 e. The van der Waals surface area contributed by atoms with Gasteiger partial charge >= 0.3 is 5.97 Å². The molecule has 0 heterocycles. The minimum Gasteiger partial charge on any atom is -0.480 e. The van der Waals surface area contributed by atoms with Gasteiger partial charge in [0.2, 0.25) is 0 Å². The molecule has 0 saturated heterocycles. The van der Waals surface area contributed by atoms with Gasteiger partial charge in [0.05, 0.1) is 18.1 Å². The highest BCUT2D eigenvalue weighted by Gasteiger charge is 2.29. The van der Waals surface area contributed by atoms with Crippen LogP contribution in [0.5, 0.6) is 0 Å². The molecule has 1 rings (SSSR count). The van der Waals surface area contributed by atoms with Crippen molar-refractivity contribution in [2.75, 3.05) is 11.9 Å². The van der Waals surface area contributed by atoms with Gasteiger partial charge in [-0.25, -0.2) is 0 Å². The first-order chi connectivity index (χ1) is 8.63. The number of anilines is 1. The summed E-state index contributed by atoms with van der Waals surface area (Å²) in [7, 11) is 0. The molecule has 1 aromatic carbocycles. The number of carboxylic acid groups (broad SMARTS) is 1. The molecule has 0 fully saturated rings. The van der Waals surface area contributed by atoms with Crippen molar-refractivity contribution in [2.45, 2.75) is 12.8 Å². The van der Waals surface area contributed by atoms with Gasteiger partial charge in [-0.3, -0.25) is 4.79 Å². The zero-order valence-corrected chi connectivity index (χ0v) is 9.92. The Labute approximate surface area is 105 Å². The third-order valence-electron chi connectivity index (χ3n) is 2.53. The normalized spacial score (nSPS) is 12.8. The van der Waals surface area contributed by atoms with Crippen molar-refractivity contribution in [3.8, 4) is 12.1 Å². The van der Waals surface area contributed by atoms with Gasteiger partial charge in [0.25, 0.3) is 0 Å². The predicted molar refractivity (Wildman–Crippen MR) is 65.7 cm³/mol. The number of hydrogen-bond donors (Lipinski definition) is 2. The SMILES string of the molecule is CCNc1ccc(C(C#N)C(C#N)C(=O)O)cc1. The van der Waals surface area contributed by atoms with Crippen LogP contribution in [0.4, 0.5) is 5.69 Å². The second-order valence-electron chi connectivity index (χ2n) is 3.70. The average Bonchev–Trinajstić information content (AvgIpc) is 2.37. The van der Waals surface area contributed by atoms with Crippen LogP contribution in [-0.2, 0) is 4.79 Å². The van der Waals surface area contributed by atoms with Gasteiger partial charge in [-0.05, 0) is 24.6 Å². The van der Waals surface area contributed by atoms with Gasteiger partial charge in [-0.2, -0.15) is 10.5 Å². The van der Waals surface area contributed by atoms with E-state index in [0.717, 1.165) is 12.2 Å². The van der Waals surface area contributed by atoms with Crippen LogP contribution in [-0.4, -0.2) is 17.6 Å². The first kappa shape index (κ1) is 13.5. The summed E-state index contributed by atoms with van der Waals surface area (Å²) < 4.78 is 0. The highest BCUT2D eigenvalue weighted by Crippen LogP contribution is 2.25. The second-order valence-corrected chi connectivity index (χ2v) is 3.70. The molecule has 0 spiro atoms. The molecule has 2 atom stereocenters. The molecule has 1 aromatic rings. The molecular formula is C13H13N3O2. The summed E-state index contributed by atoms with van der Waals surface area (Å²) in [4.78, 5) is 10.9. The minimum atomic E-state index is -1.35. The molecule has 0 aliphatic carbocycles. The molecular weight excluding hydrogens is 230 g/mol. The molecule has 0 aromatic heterocycles. The number of rotatable bonds is 5. The summed E-state index contributed by atoms with van der Waals surface area (Å²) in [6.45, 7) is 2.74. The van der Waals surface area contributed by atoms with Crippen LogP contribution < -0.4 is 5.32 Å². The maximum absolute atomic E-state index is 10.9. The molecule has 2 unspecified atom stereocenters. The molecule has 0 amide bonds. The number of hydrogen-bond acceptors (Lipinski definition) is 4. The minimum absolute atomic E-state index is 0.535. The molecule has 0 saturated carbocycles. The molecule has 5 nitrogen and oxygen atoms in total. The Bertz CT molecular complexity index is 496. The third kappa shape index (κ3) is 2.99. The van der Waals surface area contributed by atoms with E-state index in [-0.39, 0.29) is 0 Å². The summed E-state index contributed by atoms with van der Waals surface area (Å²) in [5.74, 6) is -3.58. The Morgan fingerprint density at radius 1 is 1.33 bits per heavy atom. The topological polar surface area (TPSA) is 96.9 Å². The standard InChI is InChI=1S/C13H13N3O2/c1-2-16-10-5-3-9(4-6-10)11(7-14)12(8-15)13(17)18/h3-6,11-12,16H,2H2,1H3,(H,17,18). The monoisotopic (exact) mass is 243 g/mol. The van der Waals surface area contributed by atoms with E-state index in [1.807, 2.05) is 13.0 Å². The van der Waals surface area contributed by atoms with E-state index in [2.05, 4.69) is 5.32 Å². The highest BCUT2D eigenvalue weighted by atomic mass is 16.4. The number of aliphatic carboxylic acids is 1. The molecule has 18 heavy (non-hydrogen) atoms. The Balaban J connectivity index is 3.00. The molecule has 5 heteroatoms. The van der Waals surface area contributed by atoms with Gasteiger partial charge in [0.1, 0.15) is 0 Å². The zero-order chi connectivity index (χ0) is 13.5. The Morgan fingerprint density at radius 2 is 1.94 bits per heavy atom. The largest absolute Gasteiger partial charge is 0.480 e. The lowest BCUT2D eigenvalue weighted by Crippen LogP contribution is -2.19. The first-order valence-corrected chi connectivity index (χ1v) is 5.50. The van der Waals surface area contributed by atoms with Gasteiger partial charge < -0.3 is 10.4 Å². The number of benzene rings is 1. The van der Waals surface area contributed by atoms with E-state index >= 15 is 0 Å². The van der Waals surface area contributed by atoms with Crippen LogP contribution in [0, 0.1) is 28.6 Å². The summed E-state index contributed by atoms with van der Waals surface area (Å²) in [6, 6.07) is 10.4. The predicted octanol–water partition coefficient (Wildman–Crippen LogP) is 1.95. The van der Waals surface area contributed by atoms with Crippen molar-refractivity contribution >= 4 is 11.7 Å². The zero-order valence-electron chi connectivity index (χ0n) is 9.92. The lowest BCUT2D eigenvalue weighted by atomic mass is 9.88. The number of nitriles is 2. The van der Waals surface area contributed by atoms with Crippen molar-refractivity contribution < 1.29 is 9.90 Å².